The molecule has 10 heteroatoms. The Balaban J connectivity index is 1.91. The molecule has 28 heavy (non-hydrogen) atoms. The minimum absolute atomic E-state index is 0.235. The second-order valence-electron chi connectivity index (χ2n) is 6.43. The molecular weight excluding hydrogens is 379 g/mol. The molecule has 0 bridgehead atoms. The summed E-state index contributed by atoms with van der Waals surface area (Å²) in [6.45, 7) is 1.03. The second kappa shape index (κ2) is 7.02. The van der Waals surface area contributed by atoms with E-state index >= 15 is 0 Å². The van der Waals surface area contributed by atoms with E-state index in [0.717, 1.165) is 13.1 Å². The Hall–Kier alpha value is -3.30. The van der Waals surface area contributed by atoms with E-state index in [4.69, 9.17) is 0 Å². The Bertz CT molecular complexity index is 1070. The molecule has 0 saturated carbocycles. The number of carbonyl (C=O) groups is 2. The number of carbonyl (C=O) groups excluding carboxylic acids is 2. The van der Waals surface area contributed by atoms with Gasteiger partial charge in [0.2, 0.25) is 5.43 Å². The van der Waals surface area contributed by atoms with Crippen molar-refractivity contribution < 1.29 is 27.9 Å². The molecule has 0 spiro atoms. The number of hydrogen-bond donors (Lipinski definition) is 2. The Morgan fingerprint density at radius 2 is 1.89 bits per heavy atom. The maximum absolute atomic E-state index is 14.0. The van der Waals surface area contributed by atoms with E-state index in [1.807, 2.05) is 0 Å². The number of aromatic hydroxyl groups is 1. The van der Waals surface area contributed by atoms with Gasteiger partial charge in [-0.15, -0.1) is 0 Å². The van der Waals surface area contributed by atoms with Crippen molar-refractivity contribution in [1.29, 1.82) is 0 Å². The number of benzene rings is 1. The van der Waals surface area contributed by atoms with Crippen molar-refractivity contribution in [3.63, 3.8) is 0 Å². The summed E-state index contributed by atoms with van der Waals surface area (Å²) in [4.78, 5) is 38.1. The van der Waals surface area contributed by atoms with Gasteiger partial charge in [0.05, 0.1) is 0 Å². The molecule has 3 rings (SSSR count). The molecule has 2 N–H and O–H groups in total. The number of hydrogen-bond acceptors (Lipinski definition) is 4. The van der Waals surface area contributed by atoms with Crippen LogP contribution in [0.1, 0.15) is 32.0 Å². The normalized spacial score (nSPS) is 13.5. The summed E-state index contributed by atoms with van der Waals surface area (Å²) in [6.07, 6.45) is 1.11. The molecule has 0 unspecified atom stereocenters. The van der Waals surface area contributed by atoms with Gasteiger partial charge in [-0.3, -0.25) is 14.4 Å². The third-order valence-electron chi connectivity index (χ3n) is 4.65. The first kappa shape index (κ1) is 19.5. The summed E-state index contributed by atoms with van der Waals surface area (Å²) in [7, 11) is 1.50. The summed E-state index contributed by atoms with van der Waals surface area (Å²) in [5.74, 6) is -5.82. The lowest BCUT2D eigenvalue weighted by Crippen LogP contribution is -2.40. The van der Waals surface area contributed by atoms with Gasteiger partial charge in [0.1, 0.15) is 23.0 Å². The molecule has 1 aliphatic heterocycles. The summed E-state index contributed by atoms with van der Waals surface area (Å²) >= 11 is 0. The van der Waals surface area contributed by atoms with Crippen molar-refractivity contribution in [3.05, 3.63) is 62.3 Å². The number of likely N-dealkylation sites (N-methyl/N-ethyl adjacent to an activating group) is 1. The van der Waals surface area contributed by atoms with Crippen LogP contribution in [-0.2, 0) is 13.1 Å². The predicted octanol–water partition coefficient (Wildman–Crippen LogP) is 1.30. The molecule has 0 fully saturated rings. The standard InChI is InChI=1S/C18H16F3N3O4/c1-8-11(19)5-12(20)9(13(8)21)6-22-17(27)10-7-24-4-3-23(2)18(28)14(24)16(26)15(10)25/h5,7,26H,3-4,6H2,1-2H3,(H,22,27). The lowest BCUT2D eigenvalue weighted by atomic mass is 10.1. The molecule has 2 amide bonds. The van der Waals surface area contributed by atoms with Gasteiger partial charge < -0.3 is 19.9 Å². The van der Waals surface area contributed by atoms with Crippen molar-refractivity contribution >= 4 is 11.8 Å². The highest BCUT2D eigenvalue weighted by Gasteiger charge is 2.29. The van der Waals surface area contributed by atoms with E-state index in [1.165, 1.54) is 16.5 Å². The topological polar surface area (TPSA) is 91.6 Å². The highest BCUT2D eigenvalue weighted by molar-refractivity contribution is 5.98. The summed E-state index contributed by atoms with van der Waals surface area (Å²) in [5.41, 5.74) is -2.77. The van der Waals surface area contributed by atoms with Crippen LogP contribution >= 0.6 is 0 Å². The average Bonchev–Trinajstić information content (AvgIpc) is 2.65. The van der Waals surface area contributed by atoms with E-state index < -0.39 is 63.7 Å². The van der Waals surface area contributed by atoms with Crippen LogP contribution in [0.2, 0.25) is 0 Å². The lowest BCUT2D eigenvalue weighted by Gasteiger charge is -2.27. The van der Waals surface area contributed by atoms with Gasteiger partial charge in [0.25, 0.3) is 11.8 Å². The summed E-state index contributed by atoms with van der Waals surface area (Å²) < 4.78 is 42.5. The van der Waals surface area contributed by atoms with Crippen LogP contribution in [0.3, 0.4) is 0 Å². The quantitative estimate of drug-likeness (QED) is 0.820. The van der Waals surface area contributed by atoms with Gasteiger partial charge in [-0.05, 0) is 6.92 Å². The number of aromatic nitrogens is 1. The monoisotopic (exact) mass is 395 g/mol. The first-order valence-electron chi connectivity index (χ1n) is 8.26. The second-order valence-corrected chi connectivity index (χ2v) is 6.43. The predicted molar refractivity (Wildman–Crippen MR) is 91.6 cm³/mol. The van der Waals surface area contributed by atoms with Crippen LogP contribution in [0.25, 0.3) is 0 Å². The van der Waals surface area contributed by atoms with E-state index in [2.05, 4.69) is 5.32 Å². The number of pyridine rings is 1. The van der Waals surface area contributed by atoms with Crippen LogP contribution < -0.4 is 10.7 Å². The summed E-state index contributed by atoms with van der Waals surface area (Å²) in [6, 6.07) is 0.502. The lowest BCUT2D eigenvalue weighted by molar-refractivity contribution is 0.0740. The highest BCUT2D eigenvalue weighted by Crippen LogP contribution is 2.21. The zero-order valence-electron chi connectivity index (χ0n) is 15.0. The van der Waals surface area contributed by atoms with E-state index in [0.29, 0.717) is 12.6 Å². The van der Waals surface area contributed by atoms with Gasteiger partial charge in [0.15, 0.2) is 11.4 Å². The van der Waals surface area contributed by atoms with Gasteiger partial charge in [-0.25, -0.2) is 13.2 Å². The molecule has 1 aliphatic rings. The molecule has 0 saturated heterocycles. The first-order valence-corrected chi connectivity index (χ1v) is 8.26. The van der Waals surface area contributed by atoms with Crippen LogP contribution in [0.15, 0.2) is 17.1 Å². The summed E-state index contributed by atoms with van der Waals surface area (Å²) in [5, 5.41) is 12.3. The molecule has 0 aliphatic carbocycles. The Morgan fingerprint density at radius 3 is 2.57 bits per heavy atom. The number of nitrogens with zero attached hydrogens (tertiary/aromatic N) is 2. The number of rotatable bonds is 3. The van der Waals surface area contributed by atoms with Gasteiger partial charge in [-0.2, -0.15) is 0 Å². The van der Waals surface area contributed by atoms with Gasteiger partial charge >= 0.3 is 0 Å². The van der Waals surface area contributed by atoms with Crippen molar-refractivity contribution in [2.24, 2.45) is 0 Å². The maximum atomic E-state index is 14.0. The molecule has 2 heterocycles. The minimum Gasteiger partial charge on any atom is -0.503 e. The minimum atomic E-state index is -1.18. The third-order valence-corrected chi connectivity index (χ3v) is 4.65. The van der Waals surface area contributed by atoms with Crippen LogP contribution in [0, 0.1) is 24.4 Å². The molecule has 1 aromatic heterocycles. The van der Waals surface area contributed by atoms with Crippen LogP contribution in [0.5, 0.6) is 5.75 Å². The van der Waals surface area contributed by atoms with Crippen molar-refractivity contribution in [2.75, 3.05) is 13.6 Å². The van der Waals surface area contributed by atoms with Gasteiger partial charge in [0, 0.05) is 50.1 Å². The zero-order chi connectivity index (χ0) is 20.7. The van der Waals surface area contributed by atoms with Gasteiger partial charge in [-0.1, -0.05) is 0 Å². The van der Waals surface area contributed by atoms with Crippen molar-refractivity contribution in [2.45, 2.75) is 20.0 Å². The van der Waals surface area contributed by atoms with Crippen LogP contribution in [0.4, 0.5) is 13.2 Å². The molecule has 2 aromatic rings. The molecule has 0 radical (unpaired) electrons. The fourth-order valence-corrected chi connectivity index (χ4v) is 2.92. The van der Waals surface area contributed by atoms with E-state index in [-0.39, 0.29) is 12.2 Å². The van der Waals surface area contributed by atoms with Crippen LogP contribution in [-0.4, -0.2) is 40.0 Å². The third kappa shape index (κ3) is 3.10. The Morgan fingerprint density at radius 1 is 1.21 bits per heavy atom. The number of nitrogens with one attached hydrogen (secondary N) is 1. The van der Waals surface area contributed by atoms with E-state index in [9.17, 15) is 32.7 Å². The number of halogens is 3. The zero-order valence-corrected chi connectivity index (χ0v) is 15.0. The average molecular weight is 395 g/mol. The SMILES string of the molecule is Cc1c(F)cc(F)c(CNC(=O)c2cn3c(c(O)c2=O)C(=O)N(C)CC3)c1F. The molecule has 1 aromatic carbocycles. The van der Waals surface area contributed by atoms with E-state index in [1.54, 1.807) is 0 Å². The maximum Gasteiger partial charge on any atom is 0.274 e. The molecule has 7 nitrogen and oxygen atoms in total. The number of fused-ring (bicyclic) bond motifs is 1. The highest BCUT2D eigenvalue weighted by atomic mass is 19.1. The Kier molecular flexibility index (Phi) is 4.88. The largest absolute Gasteiger partial charge is 0.503 e. The first-order chi connectivity index (χ1) is 13.1. The van der Waals surface area contributed by atoms with Crippen molar-refractivity contribution in [1.82, 2.24) is 14.8 Å². The number of amides is 2. The fraction of sp³-hybridized carbons (Fsp3) is 0.278. The molecule has 148 valence electrons. The molecule has 0 atom stereocenters. The smallest absolute Gasteiger partial charge is 0.274 e. The van der Waals surface area contributed by atoms with Crippen molar-refractivity contribution in [3.8, 4) is 5.75 Å². The Labute approximate surface area is 157 Å². The fourth-order valence-electron chi connectivity index (χ4n) is 2.92. The molecular formula is C18H16F3N3O4.